The van der Waals surface area contributed by atoms with Crippen molar-refractivity contribution in [3.05, 3.63) is 0 Å². The monoisotopic (exact) mass is 567 g/mol. The van der Waals surface area contributed by atoms with Crippen molar-refractivity contribution in [2.45, 2.75) is 195 Å². The van der Waals surface area contributed by atoms with Gasteiger partial charge in [0.25, 0.3) is 0 Å². The fourth-order valence-corrected chi connectivity index (χ4v) is 6.81. The molecule has 0 bridgehead atoms. The summed E-state index contributed by atoms with van der Waals surface area (Å²) in [6.45, 7) is 11.3. The van der Waals surface area contributed by atoms with Gasteiger partial charge in [0.1, 0.15) is 0 Å². The van der Waals surface area contributed by atoms with Crippen molar-refractivity contribution in [2.75, 3.05) is 0 Å². The minimum atomic E-state index is -0.673. The van der Waals surface area contributed by atoms with Crippen molar-refractivity contribution >= 4 is 11.9 Å². The van der Waals surface area contributed by atoms with Crippen LogP contribution in [0.2, 0.25) is 0 Å². The number of carbonyl (C=O) groups is 2. The van der Waals surface area contributed by atoms with E-state index in [1.54, 1.807) is 0 Å². The molecule has 0 heterocycles. The lowest BCUT2D eigenvalue weighted by molar-refractivity contribution is -0.153. The summed E-state index contributed by atoms with van der Waals surface area (Å²) in [5.41, 5.74) is -0.557. The molecule has 40 heavy (non-hydrogen) atoms. The maximum absolute atomic E-state index is 13.0. The molecule has 2 N–H and O–H groups in total. The van der Waals surface area contributed by atoms with Crippen LogP contribution in [0.4, 0.5) is 0 Å². The molecule has 3 atom stereocenters. The second-order valence-corrected chi connectivity index (χ2v) is 13.3. The Labute approximate surface area is 249 Å². The van der Waals surface area contributed by atoms with Gasteiger partial charge >= 0.3 is 11.9 Å². The van der Waals surface area contributed by atoms with Crippen molar-refractivity contribution in [1.82, 2.24) is 0 Å². The molecule has 0 saturated heterocycles. The van der Waals surface area contributed by atoms with Crippen LogP contribution in [0.3, 0.4) is 0 Å². The van der Waals surface area contributed by atoms with Crippen LogP contribution in [0.1, 0.15) is 195 Å². The van der Waals surface area contributed by atoms with Crippen LogP contribution < -0.4 is 0 Å². The summed E-state index contributed by atoms with van der Waals surface area (Å²) in [5, 5.41) is 19.4. The van der Waals surface area contributed by atoms with Gasteiger partial charge in [-0.25, -0.2) is 0 Å². The van der Waals surface area contributed by atoms with Crippen LogP contribution in [0.5, 0.6) is 0 Å². The average Bonchev–Trinajstić information content (AvgIpc) is 2.92. The maximum Gasteiger partial charge on any atom is 0.309 e. The van der Waals surface area contributed by atoms with E-state index in [1.807, 2.05) is 0 Å². The van der Waals surface area contributed by atoms with Gasteiger partial charge in [-0.05, 0) is 43.4 Å². The van der Waals surface area contributed by atoms with Crippen molar-refractivity contribution in [3.8, 4) is 0 Å². The van der Waals surface area contributed by atoms with Crippen molar-refractivity contribution < 1.29 is 19.8 Å². The molecule has 0 aromatic rings. The number of carboxylic acids is 2. The van der Waals surface area contributed by atoms with Crippen molar-refractivity contribution in [1.29, 1.82) is 0 Å². The summed E-state index contributed by atoms with van der Waals surface area (Å²) in [6, 6.07) is 0. The van der Waals surface area contributed by atoms with E-state index in [0.717, 1.165) is 51.4 Å². The molecule has 0 amide bonds. The van der Waals surface area contributed by atoms with E-state index in [-0.39, 0.29) is 0 Å². The Kier molecular flexibility index (Phi) is 25.0. The molecular formula is C36H70O4. The van der Waals surface area contributed by atoms with E-state index in [0.29, 0.717) is 24.2 Å². The number of hydrogen-bond donors (Lipinski definition) is 2. The Bertz CT molecular complexity index is 584. The zero-order valence-corrected chi connectivity index (χ0v) is 27.6. The molecule has 4 heteroatoms. The predicted molar refractivity (Wildman–Crippen MR) is 172 cm³/mol. The van der Waals surface area contributed by atoms with Gasteiger partial charge in [-0.1, -0.05) is 163 Å². The number of rotatable bonds is 30. The first kappa shape index (κ1) is 38.9. The molecule has 4 nitrogen and oxygen atoms in total. The number of aliphatic carboxylic acids is 2. The Morgan fingerprint density at radius 1 is 0.550 bits per heavy atom. The van der Waals surface area contributed by atoms with Crippen molar-refractivity contribution in [2.24, 2.45) is 23.2 Å². The largest absolute Gasteiger partial charge is 0.481 e. The quantitative estimate of drug-likeness (QED) is 0.0848. The van der Waals surface area contributed by atoms with Gasteiger partial charge in [-0.2, -0.15) is 0 Å². The first-order valence-electron chi connectivity index (χ1n) is 17.7. The third kappa shape index (κ3) is 19.9. The average molecular weight is 567 g/mol. The Morgan fingerprint density at radius 3 is 1.30 bits per heavy atom. The van der Waals surface area contributed by atoms with Gasteiger partial charge in [0.05, 0.1) is 5.41 Å². The summed E-state index contributed by atoms with van der Waals surface area (Å²) < 4.78 is 0. The standard InChI is InChI=1S/C36H70O4/c1-6-10-25-32(8-3)29-36(35(39)40,30-33(9-4)26-11-7-2)28-31(5)24-22-20-18-16-14-12-13-15-17-19-21-23-27-34(37)38/h31-33H,6-30H2,1-5H3,(H,37,38)(H,39,40). The van der Waals surface area contributed by atoms with Crippen LogP contribution in [0.25, 0.3) is 0 Å². The van der Waals surface area contributed by atoms with E-state index < -0.39 is 17.4 Å². The minimum absolute atomic E-state index is 0.315. The lowest BCUT2D eigenvalue weighted by Crippen LogP contribution is -2.37. The smallest absolute Gasteiger partial charge is 0.309 e. The van der Waals surface area contributed by atoms with E-state index in [1.165, 1.54) is 103 Å². The lowest BCUT2D eigenvalue weighted by atomic mass is 9.66. The SMILES string of the molecule is CCCCC(CC)CC(CC(C)CCCCCCCCCCCCCCC(=O)O)(CC(CC)CCCC)C(=O)O. The molecule has 238 valence electrons. The summed E-state index contributed by atoms with van der Waals surface area (Å²) in [6.07, 6.45) is 28.1. The summed E-state index contributed by atoms with van der Waals surface area (Å²) >= 11 is 0. The number of carboxylic acid groups (broad SMARTS) is 2. The number of unbranched alkanes of at least 4 members (excludes halogenated alkanes) is 13. The first-order chi connectivity index (χ1) is 19.2. The van der Waals surface area contributed by atoms with Gasteiger partial charge in [0.15, 0.2) is 0 Å². The Hall–Kier alpha value is -1.06. The molecule has 0 aromatic heterocycles. The highest BCUT2D eigenvalue weighted by Gasteiger charge is 2.42. The third-order valence-electron chi connectivity index (χ3n) is 9.48. The van der Waals surface area contributed by atoms with Crippen LogP contribution in [-0.4, -0.2) is 22.2 Å². The molecule has 0 rings (SSSR count). The molecule has 0 aliphatic rings. The molecule has 0 spiro atoms. The minimum Gasteiger partial charge on any atom is -0.481 e. The second kappa shape index (κ2) is 25.6. The van der Waals surface area contributed by atoms with Crippen LogP contribution in [-0.2, 0) is 9.59 Å². The molecule has 3 unspecified atom stereocenters. The molecule has 0 saturated carbocycles. The Balaban J connectivity index is 4.56. The van der Waals surface area contributed by atoms with Gasteiger partial charge < -0.3 is 10.2 Å². The highest BCUT2D eigenvalue weighted by molar-refractivity contribution is 5.74. The van der Waals surface area contributed by atoms with E-state index in [9.17, 15) is 14.7 Å². The van der Waals surface area contributed by atoms with E-state index >= 15 is 0 Å². The summed E-state index contributed by atoms with van der Waals surface area (Å²) in [4.78, 5) is 23.5. The highest BCUT2D eigenvalue weighted by atomic mass is 16.4. The number of hydrogen-bond acceptors (Lipinski definition) is 2. The fourth-order valence-electron chi connectivity index (χ4n) is 6.81. The highest BCUT2D eigenvalue weighted by Crippen LogP contribution is 2.44. The molecule has 0 aromatic carbocycles. The van der Waals surface area contributed by atoms with Gasteiger partial charge in [-0.3, -0.25) is 9.59 Å². The Morgan fingerprint density at radius 2 is 0.950 bits per heavy atom. The lowest BCUT2D eigenvalue weighted by Gasteiger charge is -2.38. The molecule has 0 radical (unpaired) electrons. The molecular weight excluding hydrogens is 496 g/mol. The summed E-state index contributed by atoms with van der Waals surface area (Å²) in [7, 11) is 0. The topological polar surface area (TPSA) is 74.6 Å². The summed E-state index contributed by atoms with van der Waals surface area (Å²) in [5.74, 6) is 0.338. The van der Waals surface area contributed by atoms with Gasteiger partial charge in [0, 0.05) is 6.42 Å². The van der Waals surface area contributed by atoms with E-state index in [4.69, 9.17) is 5.11 Å². The second-order valence-electron chi connectivity index (χ2n) is 13.3. The van der Waals surface area contributed by atoms with Gasteiger partial charge in [-0.15, -0.1) is 0 Å². The first-order valence-corrected chi connectivity index (χ1v) is 17.7. The van der Waals surface area contributed by atoms with Crippen molar-refractivity contribution in [3.63, 3.8) is 0 Å². The van der Waals surface area contributed by atoms with Gasteiger partial charge in [0.2, 0.25) is 0 Å². The zero-order valence-electron chi connectivity index (χ0n) is 27.6. The van der Waals surface area contributed by atoms with Crippen LogP contribution in [0.15, 0.2) is 0 Å². The van der Waals surface area contributed by atoms with Crippen LogP contribution in [0, 0.1) is 23.2 Å². The predicted octanol–water partition coefficient (Wildman–Crippen LogP) is 11.8. The zero-order chi connectivity index (χ0) is 30.1. The molecule has 0 aliphatic heterocycles. The van der Waals surface area contributed by atoms with Crippen LogP contribution >= 0.6 is 0 Å². The van der Waals surface area contributed by atoms with E-state index in [2.05, 4.69) is 34.6 Å². The molecule has 0 fully saturated rings. The third-order valence-corrected chi connectivity index (χ3v) is 9.48. The molecule has 0 aliphatic carbocycles. The maximum atomic E-state index is 13.0. The fraction of sp³-hybridized carbons (Fsp3) is 0.944. The normalized spacial score (nSPS) is 15.4.